The number of rotatable bonds is 8. The summed E-state index contributed by atoms with van der Waals surface area (Å²) < 4.78 is 4.68. The molecular weight excluding hydrogens is 284 g/mol. The molecule has 0 aromatic heterocycles. The number of hydrogen-bond acceptors (Lipinski definition) is 2. The first kappa shape index (κ1) is 16.0. The van der Waals surface area contributed by atoms with Crippen LogP contribution in [0.1, 0.15) is 77.0 Å². The number of carbonyl (C=O) groups is 1. The van der Waals surface area contributed by atoms with Gasteiger partial charge in [-0.1, -0.05) is 38.5 Å². The number of hydrogen-bond donors (Lipinski definition) is 0. The molecular formula is C21H34O2. The van der Waals surface area contributed by atoms with Crippen LogP contribution < -0.4 is 0 Å². The third-order valence-corrected chi connectivity index (χ3v) is 8.09. The van der Waals surface area contributed by atoms with Crippen molar-refractivity contribution in [3.8, 4) is 0 Å². The summed E-state index contributed by atoms with van der Waals surface area (Å²) in [7, 11) is 1.48. The average molecular weight is 319 g/mol. The molecule has 7 atom stereocenters. The Labute approximate surface area is 141 Å². The zero-order chi connectivity index (χ0) is 15.8. The molecule has 0 unspecified atom stereocenters. The van der Waals surface area contributed by atoms with Crippen molar-refractivity contribution < 1.29 is 9.53 Å². The maximum absolute atomic E-state index is 11.0. The van der Waals surface area contributed by atoms with E-state index in [1.165, 1.54) is 69.3 Å². The zero-order valence-electron chi connectivity index (χ0n) is 14.8. The van der Waals surface area contributed by atoms with E-state index in [2.05, 4.69) is 4.74 Å². The highest BCUT2D eigenvalue weighted by Gasteiger charge is 2.68. The van der Waals surface area contributed by atoms with Crippen LogP contribution in [0.25, 0.3) is 0 Å². The summed E-state index contributed by atoms with van der Waals surface area (Å²) in [5.74, 6) is 8.10. The summed E-state index contributed by atoms with van der Waals surface area (Å²) in [5, 5.41) is 0. The molecule has 4 saturated carbocycles. The summed E-state index contributed by atoms with van der Waals surface area (Å²) >= 11 is 0. The topological polar surface area (TPSA) is 26.3 Å². The zero-order valence-corrected chi connectivity index (χ0v) is 14.8. The summed E-state index contributed by atoms with van der Waals surface area (Å²) in [5.41, 5.74) is 0. The molecule has 0 aromatic carbocycles. The molecule has 4 aliphatic rings. The van der Waals surface area contributed by atoms with Crippen molar-refractivity contribution in [2.45, 2.75) is 77.0 Å². The largest absolute Gasteiger partial charge is 0.469 e. The molecule has 0 bridgehead atoms. The third-order valence-electron chi connectivity index (χ3n) is 8.09. The van der Waals surface area contributed by atoms with E-state index in [0.717, 1.165) is 24.2 Å². The van der Waals surface area contributed by atoms with Gasteiger partial charge in [-0.2, -0.15) is 0 Å². The van der Waals surface area contributed by atoms with Gasteiger partial charge in [0.2, 0.25) is 0 Å². The fourth-order valence-corrected chi connectivity index (χ4v) is 6.83. The van der Waals surface area contributed by atoms with Crippen molar-refractivity contribution >= 4 is 5.97 Å². The van der Waals surface area contributed by atoms with Crippen LogP contribution in [0.4, 0.5) is 0 Å². The first-order valence-electron chi connectivity index (χ1n) is 10.4. The van der Waals surface area contributed by atoms with Gasteiger partial charge in [-0.3, -0.25) is 4.79 Å². The summed E-state index contributed by atoms with van der Waals surface area (Å²) in [6, 6.07) is 0. The Balaban J connectivity index is 1.07. The van der Waals surface area contributed by atoms with Gasteiger partial charge >= 0.3 is 5.97 Å². The van der Waals surface area contributed by atoms with Gasteiger partial charge in [0, 0.05) is 6.42 Å². The predicted molar refractivity (Wildman–Crippen MR) is 91.9 cm³/mol. The Morgan fingerprint density at radius 2 is 1.43 bits per heavy atom. The first-order chi connectivity index (χ1) is 11.3. The van der Waals surface area contributed by atoms with E-state index in [1.54, 1.807) is 25.7 Å². The molecule has 0 aliphatic heterocycles. The second-order valence-electron chi connectivity index (χ2n) is 8.95. The van der Waals surface area contributed by atoms with Crippen LogP contribution in [-0.4, -0.2) is 13.1 Å². The van der Waals surface area contributed by atoms with Crippen molar-refractivity contribution in [2.24, 2.45) is 41.4 Å². The van der Waals surface area contributed by atoms with Crippen molar-refractivity contribution in [1.29, 1.82) is 0 Å². The van der Waals surface area contributed by atoms with E-state index in [9.17, 15) is 4.79 Å². The van der Waals surface area contributed by atoms with Gasteiger partial charge in [-0.15, -0.1) is 0 Å². The smallest absolute Gasteiger partial charge is 0.305 e. The van der Waals surface area contributed by atoms with E-state index < -0.39 is 0 Å². The average Bonchev–Trinajstić information content (AvgIpc) is 2.55. The van der Waals surface area contributed by atoms with E-state index in [4.69, 9.17) is 0 Å². The molecule has 0 N–H and O–H groups in total. The number of fused-ring (bicyclic) bond motifs is 7. The molecule has 2 heteroatoms. The predicted octanol–water partition coefficient (Wildman–Crippen LogP) is 5.21. The highest BCUT2D eigenvalue weighted by atomic mass is 16.5. The van der Waals surface area contributed by atoms with E-state index in [0.29, 0.717) is 6.42 Å². The molecule has 0 heterocycles. The van der Waals surface area contributed by atoms with Gasteiger partial charge in [0.25, 0.3) is 0 Å². The van der Waals surface area contributed by atoms with Crippen LogP contribution in [0.3, 0.4) is 0 Å². The lowest BCUT2D eigenvalue weighted by Crippen LogP contribution is -2.69. The summed E-state index contributed by atoms with van der Waals surface area (Å²) in [4.78, 5) is 11.0. The van der Waals surface area contributed by atoms with Crippen LogP contribution in [0.5, 0.6) is 0 Å². The monoisotopic (exact) mass is 318 g/mol. The van der Waals surface area contributed by atoms with Crippen LogP contribution in [0.15, 0.2) is 0 Å². The van der Waals surface area contributed by atoms with E-state index in [-0.39, 0.29) is 5.97 Å². The molecule has 0 aromatic rings. The van der Waals surface area contributed by atoms with Crippen LogP contribution >= 0.6 is 0 Å². The molecule has 2 nitrogen and oxygen atoms in total. The number of esters is 1. The number of methoxy groups -OCH3 is 1. The Morgan fingerprint density at radius 3 is 2.17 bits per heavy atom. The lowest BCUT2D eigenvalue weighted by Gasteiger charge is -2.74. The van der Waals surface area contributed by atoms with Gasteiger partial charge < -0.3 is 4.74 Å². The Bertz CT molecular complexity index is 426. The minimum absolute atomic E-state index is 0.0507. The molecule has 130 valence electrons. The summed E-state index contributed by atoms with van der Waals surface area (Å²) in [6.45, 7) is 0. The van der Waals surface area contributed by atoms with Crippen molar-refractivity contribution in [1.82, 2.24) is 0 Å². The van der Waals surface area contributed by atoms with Crippen molar-refractivity contribution in [2.75, 3.05) is 7.11 Å². The highest BCUT2D eigenvalue weighted by Crippen LogP contribution is 2.74. The van der Waals surface area contributed by atoms with Crippen molar-refractivity contribution in [3.05, 3.63) is 0 Å². The number of carbonyl (C=O) groups excluding carboxylic acids is 1. The molecule has 0 saturated heterocycles. The van der Waals surface area contributed by atoms with E-state index >= 15 is 0 Å². The lowest BCUT2D eigenvalue weighted by molar-refractivity contribution is -0.264. The van der Waals surface area contributed by atoms with Crippen LogP contribution in [0, 0.1) is 41.4 Å². The molecule has 0 radical (unpaired) electrons. The van der Waals surface area contributed by atoms with Gasteiger partial charge in [0.15, 0.2) is 0 Å². The standard InChI is InChI=1S/C21H34O2/c1-23-19(22)8-6-4-2-3-5-7-14-9-10-17-18(13-14)21-16-12-11-15(16)20(17)21/h14-18,20-21H,2-13H2,1H3/t14-,15-,16+,17+,18-,20-,21+/m0/s1. The van der Waals surface area contributed by atoms with Gasteiger partial charge in [-0.05, 0) is 73.5 Å². The minimum Gasteiger partial charge on any atom is -0.469 e. The SMILES string of the molecule is COC(=O)CCCCCCC[C@H]1CC[C@@H]2[C@H](C1)[C@H]1[C@@H]3CC[C@@H]3[C@@H]21. The van der Waals surface area contributed by atoms with Crippen LogP contribution in [0.2, 0.25) is 0 Å². The van der Waals surface area contributed by atoms with Gasteiger partial charge in [-0.25, -0.2) is 0 Å². The maximum Gasteiger partial charge on any atom is 0.305 e. The second kappa shape index (κ2) is 6.76. The third kappa shape index (κ3) is 2.85. The molecule has 23 heavy (non-hydrogen) atoms. The Morgan fingerprint density at radius 1 is 0.826 bits per heavy atom. The lowest BCUT2D eigenvalue weighted by atomic mass is 9.30. The van der Waals surface area contributed by atoms with Gasteiger partial charge in [0.1, 0.15) is 0 Å². The molecule has 4 rings (SSSR count). The number of unbranched alkanes of at least 4 members (excludes halogenated alkanes) is 4. The second-order valence-corrected chi connectivity index (χ2v) is 8.95. The first-order valence-corrected chi connectivity index (χ1v) is 10.4. The Hall–Kier alpha value is -0.530. The maximum atomic E-state index is 11.0. The minimum atomic E-state index is -0.0507. The molecule has 4 fully saturated rings. The molecule has 0 spiro atoms. The molecule has 0 amide bonds. The van der Waals surface area contributed by atoms with E-state index in [1.807, 2.05) is 0 Å². The fraction of sp³-hybridized carbons (Fsp3) is 0.952. The molecule has 4 aliphatic carbocycles. The van der Waals surface area contributed by atoms with Crippen LogP contribution in [-0.2, 0) is 9.53 Å². The van der Waals surface area contributed by atoms with Gasteiger partial charge in [0.05, 0.1) is 7.11 Å². The number of ether oxygens (including phenoxy) is 1. The summed E-state index contributed by atoms with van der Waals surface area (Å²) in [6.07, 6.45) is 16.2. The van der Waals surface area contributed by atoms with Crippen molar-refractivity contribution in [3.63, 3.8) is 0 Å². The highest BCUT2D eigenvalue weighted by molar-refractivity contribution is 5.68. The normalized spacial score (nSPS) is 43.1. The fourth-order valence-electron chi connectivity index (χ4n) is 6.83. The Kier molecular flexibility index (Phi) is 4.70. The quantitative estimate of drug-likeness (QED) is 0.454.